The molecule has 198 valence electrons. The molecule has 1 aliphatic heterocycles. The fourth-order valence-corrected chi connectivity index (χ4v) is 5.03. The summed E-state index contributed by atoms with van der Waals surface area (Å²) >= 11 is 5.96. The van der Waals surface area contributed by atoms with Crippen LogP contribution in [-0.2, 0) is 9.47 Å². The number of anilines is 1. The zero-order valence-corrected chi connectivity index (χ0v) is 21.6. The summed E-state index contributed by atoms with van der Waals surface area (Å²) in [5.41, 5.74) is 0.674. The number of rotatable bonds is 8. The fraction of sp³-hybridized carbons (Fsp3) is 0.444. The van der Waals surface area contributed by atoms with E-state index in [1.165, 1.54) is 12.1 Å². The van der Waals surface area contributed by atoms with E-state index in [1.54, 1.807) is 6.92 Å². The van der Waals surface area contributed by atoms with Crippen molar-refractivity contribution < 1.29 is 23.5 Å². The van der Waals surface area contributed by atoms with Crippen LogP contribution in [0.2, 0.25) is 5.02 Å². The molecule has 9 nitrogen and oxygen atoms in total. The summed E-state index contributed by atoms with van der Waals surface area (Å²) in [6.07, 6.45) is 8.39. The molecule has 0 amide bonds. The van der Waals surface area contributed by atoms with Crippen LogP contribution in [0.3, 0.4) is 0 Å². The lowest BCUT2D eigenvalue weighted by Gasteiger charge is -2.38. The molecule has 0 spiro atoms. The molecule has 0 N–H and O–H groups in total. The minimum atomic E-state index is -0.775. The molecule has 2 aliphatic carbocycles. The van der Waals surface area contributed by atoms with Crippen LogP contribution in [0.1, 0.15) is 71.2 Å². The Hall–Kier alpha value is -3.37. The van der Waals surface area contributed by atoms with Crippen molar-refractivity contribution in [1.29, 1.82) is 0 Å². The molecule has 2 aromatic heterocycles. The van der Waals surface area contributed by atoms with Gasteiger partial charge in [0.1, 0.15) is 11.9 Å². The average molecular weight is 540 g/mol. The van der Waals surface area contributed by atoms with E-state index in [2.05, 4.69) is 15.1 Å². The van der Waals surface area contributed by atoms with Gasteiger partial charge in [0.2, 0.25) is 5.95 Å². The summed E-state index contributed by atoms with van der Waals surface area (Å²) in [5, 5.41) is 4.72. The van der Waals surface area contributed by atoms with Crippen LogP contribution in [0.4, 0.5) is 10.3 Å². The quantitative estimate of drug-likeness (QED) is 0.297. The third kappa shape index (κ3) is 4.90. The molecule has 6 rings (SSSR count). The molecule has 0 bridgehead atoms. The number of ether oxygens (including phenoxy) is 2. The molecular weight excluding hydrogens is 513 g/mol. The van der Waals surface area contributed by atoms with Gasteiger partial charge in [-0.2, -0.15) is 5.10 Å². The maximum absolute atomic E-state index is 15.0. The van der Waals surface area contributed by atoms with E-state index in [-0.39, 0.29) is 52.3 Å². The van der Waals surface area contributed by atoms with Gasteiger partial charge in [0.15, 0.2) is 12.0 Å². The van der Waals surface area contributed by atoms with Gasteiger partial charge >= 0.3 is 5.97 Å². The molecule has 0 unspecified atom stereocenters. The Kier molecular flexibility index (Phi) is 6.61. The van der Waals surface area contributed by atoms with Crippen molar-refractivity contribution in [2.75, 3.05) is 24.6 Å². The van der Waals surface area contributed by atoms with E-state index in [0.717, 1.165) is 37.3 Å². The second kappa shape index (κ2) is 10.1. The van der Waals surface area contributed by atoms with Gasteiger partial charge in [-0.1, -0.05) is 11.6 Å². The second-order valence-electron chi connectivity index (χ2n) is 9.99. The maximum atomic E-state index is 15.0. The number of carbonyl (C=O) groups excluding carboxylic acids is 2. The van der Waals surface area contributed by atoms with Gasteiger partial charge in [-0.15, -0.1) is 0 Å². The third-order valence-corrected chi connectivity index (χ3v) is 7.41. The number of morpholine rings is 1. The molecule has 11 heteroatoms. The number of aldehydes is 1. The Morgan fingerprint density at radius 1 is 1.24 bits per heavy atom. The Balaban J connectivity index is 1.42. The van der Waals surface area contributed by atoms with Crippen LogP contribution >= 0.6 is 11.6 Å². The molecule has 1 aromatic carbocycles. The highest BCUT2D eigenvalue weighted by molar-refractivity contribution is 6.30. The van der Waals surface area contributed by atoms with E-state index in [4.69, 9.17) is 21.1 Å². The molecule has 38 heavy (non-hydrogen) atoms. The van der Waals surface area contributed by atoms with Crippen LogP contribution in [0, 0.1) is 11.7 Å². The largest absolute Gasteiger partial charge is 0.461 e. The SMILES string of the molecule is CCOC(=O)c1nc(N2C[C@@H](C3CC3)O[C@@H](c3cnn(C4CC4)c3)C2)nc(-c2ccc(Cl)cc2F)c1C=O. The summed E-state index contributed by atoms with van der Waals surface area (Å²) in [6.45, 7) is 2.67. The summed E-state index contributed by atoms with van der Waals surface area (Å²) in [4.78, 5) is 36.1. The number of hydrogen-bond acceptors (Lipinski definition) is 8. The first kappa shape index (κ1) is 24.9. The smallest absolute Gasteiger partial charge is 0.357 e. The molecule has 2 atom stereocenters. The standard InChI is InChI=1S/C27H27ClFN5O4/c1-2-37-26(36)25-20(14-35)24(19-8-5-17(28)9-21(19)29)31-27(32-25)33-12-22(15-3-4-15)38-23(13-33)16-10-30-34(11-16)18-6-7-18/h5,8-11,14-15,18,22-23H,2-4,6-7,12-13H2,1H3/t22-,23+/m0/s1. The summed E-state index contributed by atoms with van der Waals surface area (Å²) < 4.78 is 28.7. The number of aromatic nitrogens is 4. The second-order valence-corrected chi connectivity index (χ2v) is 10.4. The Bertz CT molecular complexity index is 1390. The molecule has 3 aromatic rings. The van der Waals surface area contributed by atoms with Crippen LogP contribution in [0.5, 0.6) is 0 Å². The highest BCUT2D eigenvalue weighted by atomic mass is 35.5. The van der Waals surface area contributed by atoms with Crippen molar-refractivity contribution >= 4 is 29.8 Å². The lowest BCUT2D eigenvalue weighted by molar-refractivity contribution is -0.0390. The summed E-state index contributed by atoms with van der Waals surface area (Å²) in [6, 6.07) is 4.53. The van der Waals surface area contributed by atoms with Crippen molar-refractivity contribution in [3.05, 3.63) is 58.3 Å². The van der Waals surface area contributed by atoms with Crippen molar-refractivity contribution in [2.24, 2.45) is 5.92 Å². The van der Waals surface area contributed by atoms with Gasteiger partial charge in [-0.25, -0.2) is 19.2 Å². The third-order valence-electron chi connectivity index (χ3n) is 7.18. The summed E-state index contributed by atoms with van der Waals surface area (Å²) in [5.74, 6) is -0.811. The minimum absolute atomic E-state index is 0.00906. The fourth-order valence-electron chi connectivity index (χ4n) is 4.87. The van der Waals surface area contributed by atoms with E-state index in [9.17, 15) is 9.59 Å². The van der Waals surface area contributed by atoms with Crippen LogP contribution in [0.25, 0.3) is 11.3 Å². The van der Waals surface area contributed by atoms with E-state index < -0.39 is 11.8 Å². The normalized spacial score (nSPS) is 21.4. The van der Waals surface area contributed by atoms with E-state index in [0.29, 0.717) is 31.3 Å². The van der Waals surface area contributed by atoms with Gasteiger partial charge in [-0.3, -0.25) is 9.48 Å². The molecule has 1 saturated heterocycles. The molecule has 3 fully saturated rings. The molecule has 2 saturated carbocycles. The number of carbonyl (C=O) groups is 2. The van der Waals surface area contributed by atoms with Crippen molar-refractivity contribution in [3.63, 3.8) is 0 Å². The maximum Gasteiger partial charge on any atom is 0.357 e. The Morgan fingerprint density at radius 2 is 2.05 bits per heavy atom. The first-order chi connectivity index (χ1) is 18.4. The molecule has 3 heterocycles. The lowest BCUT2D eigenvalue weighted by atomic mass is 10.0. The van der Waals surface area contributed by atoms with Gasteiger partial charge in [0, 0.05) is 28.9 Å². The van der Waals surface area contributed by atoms with Gasteiger partial charge in [-0.05, 0) is 56.7 Å². The number of nitrogens with zero attached hydrogens (tertiary/aromatic N) is 5. The van der Waals surface area contributed by atoms with Crippen LogP contribution in [-0.4, -0.2) is 57.8 Å². The molecule has 0 radical (unpaired) electrons. The van der Waals surface area contributed by atoms with E-state index in [1.807, 2.05) is 22.0 Å². The van der Waals surface area contributed by atoms with Crippen molar-refractivity contribution in [1.82, 2.24) is 19.7 Å². The Morgan fingerprint density at radius 3 is 2.74 bits per heavy atom. The summed E-state index contributed by atoms with van der Waals surface area (Å²) in [7, 11) is 0. The monoisotopic (exact) mass is 539 g/mol. The van der Waals surface area contributed by atoms with Crippen LogP contribution < -0.4 is 4.90 Å². The zero-order valence-electron chi connectivity index (χ0n) is 20.8. The highest BCUT2D eigenvalue weighted by Crippen LogP contribution is 2.41. The predicted molar refractivity (Wildman–Crippen MR) is 137 cm³/mol. The van der Waals surface area contributed by atoms with Crippen LogP contribution in [0.15, 0.2) is 30.6 Å². The molecule has 3 aliphatic rings. The number of halogens is 2. The van der Waals surface area contributed by atoms with Crippen molar-refractivity contribution in [2.45, 2.75) is 50.9 Å². The first-order valence-electron chi connectivity index (χ1n) is 12.9. The number of hydrogen-bond donors (Lipinski definition) is 0. The number of benzene rings is 1. The molecular formula is C27H27ClFN5O4. The number of esters is 1. The highest BCUT2D eigenvalue weighted by Gasteiger charge is 2.41. The topological polar surface area (TPSA) is 99.4 Å². The lowest BCUT2D eigenvalue weighted by Crippen LogP contribution is -2.46. The average Bonchev–Trinajstić information content (AvgIpc) is 3.86. The van der Waals surface area contributed by atoms with Gasteiger partial charge < -0.3 is 14.4 Å². The Labute approximate surface area is 223 Å². The van der Waals surface area contributed by atoms with Crippen molar-refractivity contribution in [3.8, 4) is 11.3 Å². The zero-order chi connectivity index (χ0) is 26.4. The van der Waals surface area contributed by atoms with E-state index >= 15 is 4.39 Å². The van der Waals surface area contributed by atoms with Gasteiger partial charge in [0.25, 0.3) is 0 Å². The minimum Gasteiger partial charge on any atom is -0.461 e. The van der Waals surface area contributed by atoms with Gasteiger partial charge in [0.05, 0.1) is 42.8 Å². The first-order valence-corrected chi connectivity index (χ1v) is 13.3. The predicted octanol–water partition coefficient (Wildman–Crippen LogP) is 4.81.